The van der Waals surface area contributed by atoms with Gasteiger partial charge in [-0.05, 0) is 24.3 Å². The Labute approximate surface area is 103 Å². The Morgan fingerprint density at radius 1 is 1.22 bits per heavy atom. The maximum absolute atomic E-state index is 13.3. The molecule has 1 aromatic heterocycles. The molecule has 0 atom stereocenters. The molecule has 0 fully saturated rings. The first kappa shape index (κ1) is 12.3. The molecule has 0 aliphatic rings. The van der Waals surface area contributed by atoms with Crippen molar-refractivity contribution in [3.8, 4) is 5.75 Å². The second kappa shape index (κ2) is 5.44. The average molecular weight is 250 g/mol. The maximum Gasteiger partial charge on any atom is 0.165 e. The van der Waals surface area contributed by atoms with Gasteiger partial charge in [0.05, 0.1) is 5.69 Å². The van der Waals surface area contributed by atoms with Crippen molar-refractivity contribution in [3.63, 3.8) is 0 Å². The molecule has 1 N–H and O–H groups in total. The standard InChI is InChI=1S/C13H12F2N2O/c1-16-10-4-5-17-11(7-10)8-18-13-6-9(14)2-3-12(13)15/h2-7H,8H2,1H3,(H,16,17). The average Bonchev–Trinajstić information content (AvgIpc) is 2.40. The minimum Gasteiger partial charge on any atom is -0.484 e. The van der Waals surface area contributed by atoms with Gasteiger partial charge in [0.2, 0.25) is 0 Å². The predicted octanol–water partition coefficient (Wildman–Crippen LogP) is 2.98. The first-order valence-corrected chi connectivity index (χ1v) is 5.39. The molecule has 0 amide bonds. The summed E-state index contributed by atoms with van der Waals surface area (Å²) >= 11 is 0. The SMILES string of the molecule is CNc1ccnc(COc2cc(F)ccc2F)c1. The molecule has 1 heterocycles. The van der Waals surface area contributed by atoms with Crippen LogP contribution in [0.1, 0.15) is 5.69 Å². The van der Waals surface area contributed by atoms with Crippen LogP contribution in [-0.2, 0) is 6.61 Å². The van der Waals surface area contributed by atoms with Crippen LogP contribution in [0, 0.1) is 11.6 Å². The lowest BCUT2D eigenvalue weighted by molar-refractivity contribution is 0.284. The van der Waals surface area contributed by atoms with E-state index in [0.29, 0.717) is 5.69 Å². The summed E-state index contributed by atoms with van der Waals surface area (Å²) in [6.45, 7) is 0.0793. The fraction of sp³-hybridized carbons (Fsp3) is 0.154. The number of rotatable bonds is 4. The molecule has 0 saturated heterocycles. The minimum absolute atomic E-state index is 0.0793. The number of pyridine rings is 1. The van der Waals surface area contributed by atoms with Crippen LogP contribution in [0.4, 0.5) is 14.5 Å². The molecule has 0 spiro atoms. The van der Waals surface area contributed by atoms with Crippen LogP contribution in [0.25, 0.3) is 0 Å². The van der Waals surface area contributed by atoms with Crippen LogP contribution >= 0.6 is 0 Å². The van der Waals surface area contributed by atoms with E-state index in [0.717, 1.165) is 23.9 Å². The Balaban J connectivity index is 2.08. The summed E-state index contributed by atoms with van der Waals surface area (Å²) in [5.41, 5.74) is 1.51. The summed E-state index contributed by atoms with van der Waals surface area (Å²) < 4.78 is 31.4. The number of aromatic nitrogens is 1. The van der Waals surface area contributed by atoms with E-state index in [9.17, 15) is 8.78 Å². The van der Waals surface area contributed by atoms with Crippen molar-refractivity contribution < 1.29 is 13.5 Å². The smallest absolute Gasteiger partial charge is 0.165 e. The van der Waals surface area contributed by atoms with E-state index >= 15 is 0 Å². The molecule has 3 nitrogen and oxygen atoms in total. The molecular weight excluding hydrogens is 238 g/mol. The fourth-order valence-corrected chi connectivity index (χ4v) is 1.45. The second-order valence-corrected chi connectivity index (χ2v) is 3.65. The Morgan fingerprint density at radius 3 is 2.83 bits per heavy atom. The van der Waals surface area contributed by atoms with E-state index in [1.165, 1.54) is 0 Å². The van der Waals surface area contributed by atoms with Crippen molar-refractivity contribution in [1.82, 2.24) is 4.98 Å². The lowest BCUT2D eigenvalue weighted by atomic mass is 10.3. The summed E-state index contributed by atoms with van der Waals surface area (Å²) in [6, 6.07) is 6.66. The molecule has 0 saturated carbocycles. The molecular formula is C13H12F2N2O. The fourth-order valence-electron chi connectivity index (χ4n) is 1.45. The van der Waals surface area contributed by atoms with E-state index in [1.54, 1.807) is 25.4 Å². The normalized spacial score (nSPS) is 10.2. The van der Waals surface area contributed by atoms with E-state index in [-0.39, 0.29) is 12.4 Å². The minimum atomic E-state index is -0.596. The molecule has 5 heteroatoms. The number of nitrogens with zero attached hydrogens (tertiary/aromatic N) is 1. The van der Waals surface area contributed by atoms with E-state index in [4.69, 9.17) is 4.74 Å². The molecule has 0 aliphatic carbocycles. The van der Waals surface area contributed by atoms with Crippen LogP contribution < -0.4 is 10.1 Å². The number of nitrogens with one attached hydrogen (secondary N) is 1. The van der Waals surface area contributed by atoms with Gasteiger partial charge in [0.1, 0.15) is 12.4 Å². The third kappa shape index (κ3) is 2.94. The van der Waals surface area contributed by atoms with Crippen LogP contribution in [0.3, 0.4) is 0 Å². The van der Waals surface area contributed by atoms with E-state index in [2.05, 4.69) is 10.3 Å². The number of hydrogen-bond acceptors (Lipinski definition) is 3. The highest BCUT2D eigenvalue weighted by Crippen LogP contribution is 2.19. The highest BCUT2D eigenvalue weighted by Gasteiger charge is 2.06. The van der Waals surface area contributed by atoms with Gasteiger partial charge < -0.3 is 10.1 Å². The van der Waals surface area contributed by atoms with E-state index in [1.807, 2.05) is 0 Å². The van der Waals surface area contributed by atoms with Gasteiger partial charge in [-0.25, -0.2) is 8.78 Å². The zero-order chi connectivity index (χ0) is 13.0. The van der Waals surface area contributed by atoms with Gasteiger partial charge in [0.25, 0.3) is 0 Å². The van der Waals surface area contributed by atoms with Gasteiger partial charge in [-0.2, -0.15) is 0 Å². The van der Waals surface area contributed by atoms with Crippen LogP contribution in [0.2, 0.25) is 0 Å². The first-order valence-electron chi connectivity index (χ1n) is 5.39. The molecule has 2 rings (SSSR count). The van der Waals surface area contributed by atoms with Crippen LogP contribution in [-0.4, -0.2) is 12.0 Å². The molecule has 0 bridgehead atoms. The Morgan fingerprint density at radius 2 is 2.06 bits per heavy atom. The van der Waals surface area contributed by atoms with Gasteiger partial charge in [-0.1, -0.05) is 0 Å². The summed E-state index contributed by atoms with van der Waals surface area (Å²) in [4.78, 5) is 4.07. The van der Waals surface area contributed by atoms with E-state index < -0.39 is 11.6 Å². The molecule has 18 heavy (non-hydrogen) atoms. The number of ether oxygens (including phenoxy) is 1. The van der Waals surface area contributed by atoms with Crippen molar-refractivity contribution in [2.45, 2.75) is 6.61 Å². The predicted molar refractivity (Wildman–Crippen MR) is 64.5 cm³/mol. The van der Waals surface area contributed by atoms with Gasteiger partial charge in [-0.3, -0.25) is 4.98 Å². The quantitative estimate of drug-likeness (QED) is 0.905. The molecule has 0 radical (unpaired) electrons. The van der Waals surface area contributed by atoms with Crippen molar-refractivity contribution in [1.29, 1.82) is 0 Å². The second-order valence-electron chi connectivity index (χ2n) is 3.65. The Hall–Kier alpha value is -2.17. The summed E-state index contributed by atoms with van der Waals surface area (Å²) in [5, 5.41) is 2.96. The van der Waals surface area contributed by atoms with Gasteiger partial charge in [-0.15, -0.1) is 0 Å². The molecule has 2 aromatic rings. The lowest BCUT2D eigenvalue weighted by Gasteiger charge is -2.08. The summed E-state index contributed by atoms with van der Waals surface area (Å²) in [5.74, 6) is -1.25. The third-order valence-corrected chi connectivity index (χ3v) is 2.37. The number of benzene rings is 1. The highest BCUT2D eigenvalue weighted by molar-refractivity contribution is 5.42. The lowest BCUT2D eigenvalue weighted by Crippen LogP contribution is -2.01. The number of anilines is 1. The van der Waals surface area contributed by atoms with Crippen molar-refractivity contribution in [3.05, 3.63) is 53.9 Å². The maximum atomic E-state index is 13.3. The number of halogens is 2. The number of hydrogen-bond donors (Lipinski definition) is 1. The zero-order valence-corrected chi connectivity index (χ0v) is 9.78. The first-order chi connectivity index (χ1) is 8.69. The monoisotopic (exact) mass is 250 g/mol. The largest absolute Gasteiger partial charge is 0.484 e. The highest BCUT2D eigenvalue weighted by atomic mass is 19.1. The Bertz CT molecular complexity index is 546. The zero-order valence-electron chi connectivity index (χ0n) is 9.78. The molecule has 1 aromatic carbocycles. The van der Waals surface area contributed by atoms with Crippen molar-refractivity contribution >= 4 is 5.69 Å². The third-order valence-electron chi connectivity index (χ3n) is 2.37. The Kier molecular flexibility index (Phi) is 3.72. The molecule has 0 unspecified atom stereocenters. The van der Waals surface area contributed by atoms with Crippen molar-refractivity contribution in [2.24, 2.45) is 0 Å². The molecule has 94 valence electrons. The topological polar surface area (TPSA) is 34.2 Å². The van der Waals surface area contributed by atoms with Gasteiger partial charge >= 0.3 is 0 Å². The van der Waals surface area contributed by atoms with Crippen molar-refractivity contribution in [2.75, 3.05) is 12.4 Å². The van der Waals surface area contributed by atoms with Crippen LogP contribution in [0.15, 0.2) is 36.5 Å². The molecule has 0 aliphatic heterocycles. The van der Waals surface area contributed by atoms with Gasteiger partial charge in [0, 0.05) is 25.0 Å². The van der Waals surface area contributed by atoms with Crippen LogP contribution in [0.5, 0.6) is 5.75 Å². The summed E-state index contributed by atoms with van der Waals surface area (Å²) in [7, 11) is 1.78. The van der Waals surface area contributed by atoms with Gasteiger partial charge in [0.15, 0.2) is 11.6 Å². The summed E-state index contributed by atoms with van der Waals surface area (Å²) in [6.07, 6.45) is 1.62.